The predicted octanol–water partition coefficient (Wildman–Crippen LogP) is 3.51. The molecule has 0 spiro atoms. The smallest absolute Gasteiger partial charge is 0.408 e. The first-order valence-electron chi connectivity index (χ1n) is 9.62. The Hall–Kier alpha value is -2.83. The van der Waals surface area contributed by atoms with Gasteiger partial charge < -0.3 is 20.1 Å². The van der Waals surface area contributed by atoms with E-state index < -0.39 is 41.8 Å². The number of benzene rings is 1. The van der Waals surface area contributed by atoms with Crippen molar-refractivity contribution in [2.24, 2.45) is 5.92 Å². The van der Waals surface area contributed by atoms with E-state index in [0.29, 0.717) is 0 Å². The Labute approximate surface area is 172 Å². The van der Waals surface area contributed by atoms with Crippen molar-refractivity contribution in [3.8, 4) is 0 Å². The maximum Gasteiger partial charge on any atom is 0.408 e. The summed E-state index contributed by atoms with van der Waals surface area (Å²) in [5.74, 6) is -1.31. The zero-order chi connectivity index (χ0) is 22.2. The highest BCUT2D eigenvalue weighted by Gasteiger charge is 2.29. The summed E-state index contributed by atoms with van der Waals surface area (Å²) in [6.07, 6.45) is 0.198. The second-order valence-corrected chi connectivity index (χ2v) is 8.10. The number of carbonyl (C=O) groups excluding carboxylic acids is 3. The summed E-state index contributed by atoms with van der Waals surface area (Å²) in [6, 6.07) is 7.41. The summed E-state index contributed by atoms with van der Waals surface area (Å²) in [5.41, 5.74) is 0.0945. The number of hydrogen-bond donors (Lipinski definition) is 2. The Morgan fingerprint density at radius 1 is 1.03 bits per heavy atom. The van der Waals surface area contributed by atoms with Crippen LogP contribution in [0.1, 0.15) is 53.2 Å². The maximum atomic E-state index is 12.6. The van der Waals surface area contributed by atoms with E-state index in [9.17, 15) is 14.4 Å². The fraction of sp³-hybridized carbons (Fsp3) is 0.500. The van der Waals surface area contributed by atoms with E-state index in [1.54, 1.807) is 34.6 Å². The minimum atomic E-state index is -0.907. The highest BCUT2D eigenvalue weighted by atomic mass is 16.6. The summed E-state index contributed by atoms with van der Waals surface area (Å²) in [5, 5.41) is 5.15. The van der Waals surface area contributed by atoms with Crippen LogP contribution in [0.2, 0.25) is 0 Å². The maximum absolute atomic E-state index is 12.6. The lowest BCUT2D eigenvalue weighted by Crippen LogP contribution is -2.54. The molecule has 0 aliphatic rings. The quantitative estimate of drug-likeness (QED) is 0.511. The molecule has 1 unspecified atom stereocenters. The molecule has 0 saturated carbocycles. The molecule has 0 bridgehead atoms. The van der Waals surface area contributed by atoms with Crippen LogP contribution in [0.5, 0.6) is 0 Å². The lowest BCUT2D eigenvalue weighted by molar-refractivity contribution is -0.151. The van der Waals surface area contributed by atoms with Crippen molar-refractivity contribution >= 4 is 18.0 Å². The minimum absolute atomic E-state index is 0.212. The van der Waals surface area contributed by atoms with Crippen LogP contribution in [-0.2, 0) is 19.1 Å². The lowest BCUT2D eigenvalue weighted by atomic mass is 10.0. The number of amides is 2. The van der Waals surface area contributed by atoms with Gasteiger partial charge >= 0.3 is 12.1 Å². The number of ether oxygens (including phenoxy) is 2. The first kappa shape index (κ1) is 24.2. The normalized spacial score (nSPS) is 14.3. The van der Waals surface area contributed by atoms with E-state index in [1.807, 2.05) is 30.3 Å². The van der Waals surface area contributed by atoms with E-state index in [0.717, 1.165) is 5.56 Å². The summed E-state index contributed by atoms with van der Waals surface area (Å²) in [4.78, 5) is 37.1. The van der Waals surface area contributed by atoms with Crippen LogP contribution >= 0.6 is 0 Å². The molecule has 1 rings (SSSR count). The predicted molar refractivity (Wildman–Crippen MR) is 111 cm³/mol. The van der Waals surface area contributed by atoms with Crippen LogP contribution < -0.4 is 10.6 Å². The number of alkyl carbamates (subject to hydrolysis) is 1. The second kappa shape index (κ2) is 10.6. The molecule has 0 saturated heterocycles. The average molecular weight is 405 g/mol. The van der Waals surface area contributed by atoms with Gasteiger partial charge in [-0.3, -0.25) is 4.79 Å². The van der Waals surface area contributed by atoms with Crippen molar-refractivity contribution in [1.29, 1.82) is 0 Å². The second-order valence-electron chi connectivity index (χ2n) is 8.10. The summed E-state index contributed by atoms with van der Waals surface area (Å²) >= 11 is 0. The van der Waals surface area contributed by atoms with Gasteiger partial charge in [-0.05, 0) is 45.3 Å². The molecule has 0 aromatic heterocycles. The molecule has 29 heavy (non-hydrogen) atoms. The van der Waals surface area contributed by atoms with Gasteiger partial charge in [-0.15, -0.1) is 0 Å². The Kier molecular flexibility index (Phi) is 8.88. The van der Waals surface area contributed by atoms with Gasteiger partial charge in [-0.1, -0.05) is 50.8 Å². The van der Waals surface area contributed by atoms with E-state index in [-0.39, 0.29) is 5.92 Å². The molecule has 0 aliphatic heterocycles. The van der Waals surface area contributed by atoms with Gasteiger partial charge in [0.2, 0.25) is 5.91 Å². The van der Waals surface area contributed by atoms with Gasteiger partial charge in [0, 0.05) is 0 Å². The van der Waals surface area contributed by atoms with Gasteiger partial charge in [0.15, 0.2) is 0 Å². The van der Waals surface area contributed by atoms with Crippen LogP contribution in [0, 0.1) is 5.92 Å². The molecule has 2 N–H and O–H groups in total. The number of nitrogens with one attached hydrogen (secondary N) is 2. The fourth-order valence-electron chi connectivity index (χ4n) is 2.45. The molecule has 0 radical (unpaired) electrons. The molecule has 1 aromatic carbocycles. The van der Waals surface area contributed by atoms with E-state index in [1.165, 1.54) is 13.0 Å². The van der Waals surface area contributed by atoms with Gasteiger partial charge in [-0.25, -0.2) is 9.59 Å². The van der Waals surface area contributed by atoms with Gasteiger partial charge in [0.1, 0.15) is 23.8 Å². The molecule has 7 nitrogen and oxygen atoms in total. The van der Waals surface area contributed by atoms with Gasteiger partial charge in [0.05, 0.1) is 0 Å². The van der Waals surface area contributed by atoms with Crippen molar-refractivity contribution in [3.63, 3.8) is 0 Å². The Bertz CT molecular complexity index is 710. The van der Waals surface area contributed by atoms with Crippen LogP contribution in [0.4, 0.5) is 4.79 Å². The molecule has 1 aromatic rings. The first-order chi connectivity index (χ1) is 13.4. The number of hydrogen-bond acceptors (Lipinski definition) is 5. The van der Waals surface area contributed by atoms with E-state index in [4.69, 9.17) is 9.47 Å². The van der Waals surface area contributed by atoms with Crippen molar-refractivity contribution < 1.29 is 23.9 Å². The third-order valence-electron chi connectivity index (χ3n) is 3.92. The molecular weight excluding hydrogens is 372 g/mol. The van der Waals surface area contributed by atoms with Crippen molar-refractivity contribution in [2.75, 3.05) is 0 Å². The van der Waals surface area contributed by atoms with E-state index >= 15 is 0 Å². The lowest BCUT2D eigenvalue weighted by Gasteiger charge is -2.26. The van der Waals surface area contributed by atoms with Gasteiger partial charge in [0.25, 0.3) is 0 Å². The molecule has 7 heteroatoms. The monoisotopic (exact) mass is 404 g/mol. The fourth-order valence-corrected chi connectivity index (χ4v) is 2.45. The largest absolute Gasteiger partial charge is 0.452 e. The summed E-state index contributed by atoms with van der Waals surface area (Å²) in [7, 11) is 0. The topological polar surface area (TPSA) is 93.7 Å². The molecule has 160 valence electrons. The Balaban J connectivity index is 2.72. The first-order valence-corrected chi connectivity index (χ1v) is 9.62. The van der Waals surface area contributed by atoms with Crippen LogP contribution in [0.15, 0.2) is 43.0 Å². The Morgan fingerprint density at radius 2 is 1.62 bits per heavy atom. The van der Waals surface area contributed by atoms with Crippen LogP contribution in [-0.4, -0.2) is 35.7 Å². The van der Waals surface area contributed by atoms with E-state index in [2.05, 4.69) is 17.2 Å². The van der Waals surface area contributed by atoms with Crippen LogP contribution in [0.25, 0.3) is 0 Å². The van der Waals surface area contributed by atoms with Crippen molar-refractivity contribution in [2.45, 2.75) is 65.3 Å². The third-order valence-corrected chi connectivity index (χ3v) is 3.92. The zero-order valence-electron chi connectivity index (χ0n) is 18.0. The van der Waals surface area contributed by atoms with Crippen LogP contribution in [0.3, 0.4) is 0 Å². The highest BCUT2D eigenvalue weighted by Crippen LogP contribution is 2.18. The number of carbonyl (C=O) groups is 3. The molecular formula is C22H32N2O5. The summed E-state index contributed by atoms with van der Waals surface area (Å²) in [6.45, 7) is 14.0. The minimum Gasteiger partial charge on any atom is -0.452 e. The Morgan fingerprint density at radius 3 is 2.10 bits per heavy atom. The molecule has 2 amide bonds. The number of rotatable bonds is 8. The SMILES string of the molecule is C=C[C@H](OC(=O)C(C)NC(=O)[C@@H](NC(=O)OC(C)(C)C)C(C)C)c1ccccc1. The molecule has 0 aliphatic carbocycles. The molecule has 3 atom stereocenters. The molecule has 0 fully saturated rings. The highest BCUT2D eigenvalue weighted by molar-refractivity contribution is 5.89. The van der Waals surface area contributed by atoms with Crippen molar-refractivity contribution in [3.05, 3.63) is 48.6 Å². The number of esters is 1. The zero-order valence-corrected chi connectivity index (χ0v) is 18.0. The molecule has 0 heterocycles. The third kappa shape index (κ3) is 8.37. The average Bonchev–Trinajstić information content (AvgIpc) is 2.62. The standard InChI is InChI=1S/C22H32N2O5/c1-8-17(16-12-10-9-11-13-16)28-20(26)15(4)23-19(25)18(14(2)3)24-21(27)29-22(5,6)7/h8-15,17-18H,1H2,2-7H3,(H,23,25)(H,24,27)/t15?,17-,18-/m0/s1. The van der Waals surface area contributed by atoms with Crippen molar-refractivity contribution in [1.82, 2.24) is 10.6 Å². The summed E-state index contributed by atoms with van der Waals surface area (Å²) < 4.78 is 10.7. The van der Waals surface area contributed by atoms with Gasteiger partial charge in [-0.2, -0.15) is 0 Å².